The van der Waals surface area contributed by atoms with Gasteiger partial charge in [-0.1, -0.05) is 18.2 Å². The lowest BCUT2D eigenvalue weighted by molar-refractivity contribution is 0.405. The van der Waals surface area contributed by atoms with Crippen molar-refractivity contribution in [3.05, 3.63) is 46.7 Å². The third-order valence-electron chi connectivity index (χ3n) is 2.48. The highest BCUT2D eigenvalue weighted by atomic mass is 32.2. The van der Waals surface area contributed by atoms with E-state index in [4.69, 9.17) is 4.74 Å². The van der Waals surface area contributed by atoms with Crippen LogP contribution in [0, 0.1) is 0 Å². The molecule has 0 unspecified atom stereocenters. The van der Waals surface area contributed by atoms with Crippen molar-refractivity contribution in [3.63, 3.8) is 0 Å². The molecule has 1 heterocycles. The fourth-order valence-electron chi connectivity index (χ4n) is 1.60. The highest BCUT2D eigenvalue weighted by molar-refractivity contribution is 7.99. The Morgan fingerprint density at radius 1 is 1.22 bits per heavy atom. The van der Waals surface area contributed by atoms with Gasteiger partial charge in [0.15, 0.2) is 0 Å². The van der Waals surface area contributed by atoms with Gasteiger partial charge in [-0.25, -0.2) is 0 Å². The normalized spacial score (nSPS) is 10.5. The molecule has 0 bridgehead atoms. The van der Waals surface area contributed by atoms with Crippen molar-refractivity contribution in [2.75, 3.05) is 19.4 Å². The molecule has 1 N–H and O–H groups in total. The molecule has 0 aliphatic heterocycles. The molecular weight excluding hydrogens is 262 g/mol. The number of thiophene rings is 1. The molecule has 0 atom stereocenters. The summed E-state index contributed by atoms with van der Waals surface area (Å²) in [5, 5.41) is 5.56. The Morgan fingerprint density at radius 2 is 2.11 bits per heavy atom. The Hall–Kier alpha value is -0.970. The Balaban J connectivity index is 1.69. The molecule has 2 aromatic rings. The fourth-order valence-corrected chi connectivity index (χ4v) is 3.21. The lowest BCUT2D eigenvalue weighted by Gasteiger charge is -2.07. The van der Waals surface area contributed by atoms with Crippen molar-refractivity contribution in [1.29, 1.82) is 0 Å². The number of benzene rings is 1. The maximum Gasteiger partial charge on any atom is 0.132 e. The summed E-state index contributed by atoms with van der Waals surface area (Å²) in [4.78, 5) is 2.59. The summed E-state index contributed by atoms with van der Waals surface area (Å²) in [6, 6.07) is 12.4. The Morgan fingerprint density at radius 3 is 2.89 bits per heavy atom. The maximum absolute atomic E-state index is 5.32. The third-order valence-corrected chi connectivity index (χ3v) is 4.42. The molecule has 0 amide bonds. The predicted molar refractivity (Wildman–Crippen MR) is 79.7 cm³/mol. The van der Waals surface area contributed by atoms with Crippen LogP contribution in [0.15, 0.2) is 46.7 Å². The van der Waals surface area contributed by atoms with Gasteiger partial charge in [-0.3, -0.25) is 0 Å². The number of methoxy groups -OCH3 is 1. The first-order chi connectivity index (χ1) is 8.90. The smallest absolute Gasteiger partial charge is 0.132 e. The van der Waals surface area contributed by atoms with Gasteiger partial charge < -0.3 is 10.1 Å². The minimum Gasteiger partial charge on any atom is -0.496 e. The Labute approximate surface area is 116 Å². The first-order valence-electron chi connectivity index (χ1n) is 5.89. The molecule has 0 fully saturated rings. The SMILES string of the molecule is COc1ccccc1SCCNCc1cccs1. The van der Waals surface area contributed by atoms with Crippen LogP contribution in [0.2, 0.25) is 0 Å². The lowest BCUT2D eigenvalue weighted by atomic mass is 10.3. The van der Waals surface area contributed by atoms with Gasteiger partial charge >= 0.3 is 0 Å². The standard InChI is InChI=1S/C14H17NOS2/c1-16-13-6-2-3-7-14(13)18-10-8-15-11-12-5-4-9-17-12/h2-7,9,15H,8,10-11H2,1H3. The number of hydrogen-bond donors (Lipinski definition) is 1. The van der Waals surface area contributed by atoms with Crippen LogP contribution in [0.3, 0.4) is 0 Å². The lowest BCUT2D eigenvalue weighted by Crippen LogP contribution is -2.15. The zero-order valence-corrected chi connectivity index (χ0v) is 12.0. The Kier molecular flexibility index (Phi) is 5.58. The van der Waals surface area contributed by atoms with Gasteiger partial charge in [0.25, 0.3) is 0 Å². The van der Waals surface area contributed by atoms with Crippen LogP contribution in [0.4, 0.5) is 0 Å². The minimum absolute atomic E-state index is 0.959. The second kappa shape index (κ2) is 7.46. The largest absolute Gasteiger partial charge is 0.496 e. The molecular formula is C14H17NOS2. The van der Waals surface area contributed by atoms with Crippen LogP contribution < -0.4 is 10.1 Å². The summed E-state index contributed by atoms with van der Waals surface area (Å²) >= 11 is 3.62. The molecule has 0 spiro atoms. The first-order valence-corrected chi connectivity index (χ1v) is 7.75. The van der Waals surface area contributed by atoms with Gasteiger partial charge in [0.1, 0.15) is 5.75 Å². The molecule has 0 radical (unpaired) electrons. The first kappa shape index (κ1) is 13.5. The molecule has 96 valence electrons. The van der Waals surface area contributed by atoms with Crippen molar-refractivity contribution in [1.82, 2.24) is 5.32 Å². The average Bonchev–Trinajstić information content (AvgIpc) is 2.92. The Bertz CT molecular complexity index is 457. The van der Waals surface area contributed by atoms with Crippen molar-refractivity contribution in [3.8, 4) is 5.75 Å². The summed E-state index contributed by atoms with van der Waals surface area (Å²) in [5.74, 6) is 2.01. The van der Waals surface area contributed by atoms with Gasteiger partial charge in [-0.15, -0.1) is 23.1 Å². The number of para-hydroxylation sites is 1. The van der Waals surface area contributed by atoms with E-state index in [1.807, 2.05) is 30.0 Å². The zero-order valence-electron chi connectivity index (χ0n) is 10.4. The van der Waals surface area contributed by atoms with Crippen LogP contribution in [0.5, 0.6) is 5.75 Å². The van der Waals surface area contributed by atoms with E-state index in [1.54, 1.807) is 18.4 Å². The molecule has 0 saturated heterocycles. The minimum atomic E-state index is 0.959. The van der Waals surface area contributed by atoms with E-state index in [-0.39, 0.29) is 0 Å². The number of hydrogen-bond acceptors (Lipinski definition) is 4. The van der Waals surface area contributed by atoms with Crippen LogP contribution in [0.1, 0.15) is 4.88 Å². The quantitative estimate of drug-likeness (QED) is 0.617. The molecule has 0 saturated carbocycles. The number of ether oxygens (including phenoxy) is 1. The maximum atomic E-state index is 5.32. The highest BCUT2D eigenvalue weighted by Gasteiger charge is 2.01. The van der Waals surface area contributed by atoms with Crippen LogP contribution in [-0.4, -0.2) is 19.4 Å². The molecule has 0 aliphatic carbocycles. The van der Waals surface area contributed by atoms with E-state index in [0.717, 1.165) is 24.6 Å². The second-order valence-electron chi connectivity index (χ2n) is 3.76. The van der Waals surface area contributed by atoms with E-state index in [0.29, 0.717) is 0 Å². The highest BCUT2D eigenvalue weighted by Crippen LogP contribution is 2.28. The summed E-state index contributed by atoms with van der Waals surface area (Å²) in [7, 11) is 1.72. The van der Waals surface area contributed by atoms with E-state index in [1.165, 1.54) is 9.77 Å². The van der Waals surface area contributed by atoms with E-state index in [9.17, 15) is 0 Å². The van der Waals surface area contributed by atoms with E-state index >= 15 is 0 Å². The van der Waals surface area contributed by atoms with Crippen LogP contribution >= 0.6 is 23.1 Å². The van der Waals surface area contributed by atoms with Gasteiger partial charge in [0.05, 0.1) is 7.11 Å². The molecule has 0 aliphatic rings. The van der Waals surface area contributed by atoms with Crippen molar-refractivity contribution in [2.45, 2.75) is 11.4 Å². The molecule has 1 aromatic carbocycles. The third kappa shape index (κ3) is 4.05. The van der Waals surface area contributed by atoms with Gasteiger partial charge in [-0.2, -0.15) is 0 Å². The predicted octanol–water partition coefficient (Wildman–Crippen LogP) is 3.64. The van der Waals surface area contributed by atoms with E-state index in [2.05, 4.69) is 28.9 Å². The van der Waals surface area contributed by atoms with Gasteiger partial charge in [0, 0.05) is 28.6 Å². The summed E-state index contributed by atoms with van der Waals surface area (Å²) in [5.41, 5.74) is 0. The molecule has 2 nitrogen and oxygen atoms in total. The van der Waals surface area contributed by atoms with Crippen molar-refractivity contribution < 1.29 is 4.74 Å². The summed E-state index contributed by atoms with van der Waals surface area (Å²) in [6.07, 6.45) is 0. The average molecular weight is 279 g/mol. The monoisotopic (exact) mass is 279 g/mol. The molecule has 18 heavy (non-hydrogen) atoms. The molecule has 4 heteroatoms. The van der Waals surface area contributed by atoms with Crippen molar-refractivity contribution >= 4 is 23.1 Å². The second-order valence-corrected chi connectivity index (χ2v) is 5.92. The number of thioether (sulfide) groups is 1. The summed E-state index contributed by atoms with van der Waals surface area (Å²) in [6.45, 7) is 1.96. The van der Waals surface area contributed by atoms with Gasteiger partial charge in [-0.05, 0) is 23.6 Å². The van der Waals surface area contributed by atoms with Crippen LogP contribution in [-0.2, 0) is 6.54 Å². The number of nitrogens with one attached hydrogen (secondary N) is 1. The summed E-state index contributed by atoms with van der Waals surface area (Å²) < 4.78 is 5.32. The molecule has 2 rings (SSSR count). The van der Waals surface area contributed by atoms with Crippen molar-refractivity contribution in [2.24, 2.45) is 0 Å². The molecule has 1 aromatic heterocycles. The van der Waals surface area contributed by atoms with E-state index < -0.39 is 0 Å². The topological polar surface area (TPSA) is 21.3 Å². The zero-order chi connectivity index (χ0) is 12.6. The van der Waals surface area contributed by atoms with Gasteiger partial charge in [0.2, 0.25) is 0 Å². The number of rotatable bonds is 7. The fraction of sp³-hybridized carbons (Fsp3) is 0.286. The van der Waals surface area contributed by atoms with Crippen LogP contribution in [0.25, 0.3) is 0 Å².